The summed E-state index contributed by atoms with van der Waals surface area (Å²) in [5.41, 5.74) is 1.01. The van der Waals surface area contributed by atoms with Gasteiger partial charge in [-0.2, -0.15) is 4.98 Å². The summed E-state index contributed by atoms with van der Waals surface area (Å²) in [6.45, 7) is 4.78. The van der Waals surface area contributed by atoms with Crippen molar-refractivity contribution in [2.45, 2.75) is 45.1 Å². The minimum atomic E-state index is -0.119. The number of nitrogens with zero attached hydrogens (tertiary/aromatic N) is 3. The molecule has 0 unspecified atom stereocenters. The van der Waals surface area contributed by atoms with Crippen molar-refractivity contribution in [1.82, 2.24) is 15.0 Å². The molecule has 1 amide bonds. The van der Waals surface area contributed by atoms with Crippen molar-refractivity contribution in [2.24, 2.45) is 0 Å². The van der Waals surface area contributed by atoms with Crippen LogP contribution in [0.25, 0.3) is 6.08 Å². The Kier molecular flexibility index (Phi) is 5.08. The quantitative estimate of drug-likeness (QED) is 0.798. The van der Waals surface area contributed by atoms with Crippen LogP contribution in [0, 0.1) is 0 Å². The van der Waals surface area contributed by atoms with E-state index < -0.39 is 0 Å². The fraction of sp³-hybridized carbons (Fsp3) is 0.421. The molecule has 1 aromatic heterocycles. The number of carbonyl (C=O) groups is 1. The molecule has 24 heavy (non-hydrogen) atoms. The van der Waals surface area contributed by atoms with Crippen LogP contribution < -0.4 is 0 Å². The van der Waals surface area contributed by atoms with Crippen molar-refractivity contribution in [3.63, 3.8) is 0 Å². The number of hydrogen-bond donors (Lipinski definition) is 0. The molecule has 1 aliphatic heterocycles. The summed E-state index contributed by atoms with van der Waals surface area (Å²) in [6.07, 6.45) is 6.42. The topological polar surface area (TPSA) is 59.2 Å². The van der Waals surface area contributed by atoms with Gasteiger partial charge in [0.1, 0.15) is 6.04 Å². The van der Waals surface area contributed by atoms with E-state index in [4.69, 9.17) is 4.52 Å². The van der Waals surface area contributed by atoms with Crippen molar-refractivity contribution in [1.29, 1.82) is 0 Å². The molecule has 1 aliphatic rings. The third kappa shape index (κ3) is 3.72. The molecule has 2 heterocycles. The molecule has 0 aliphatic carbocycles. The number of carbonyl (C=O) groups excluding carboxylic acids is 1. The van der Waals surface area contributed by atoms with Crippen LogP contribution in [0.4, 0.5) is 0 Å². The van der Waals surface area contributed by atoms with Gasteiger partial charge in [-0.1, -0.05) is 49.3 Å². The van der Waals surface area contributed by atoms with E-state index in [2.05, 4.69) is 10.1 Å². The second-order valence-corrected chi connectivity index (χ2v) is 6.43. The van der Waals surface area contributed by atoms with Gasteiger partial charge in [-0.05, 0) is 30.9 Å². The van der Waals surface area contributed by atoms with Crippen molar-refractivity contribution < 1.29 is 9.32 Å². The lowest BCUT2D eigenvalue weighted by Crippen LogP contribution is -2.37. The van der Waals surface area contributed by atoms with Gasteiger partial charge in [-0.25, -0.2) is 0 Å². The highest BCUT2D eigenvalue weighted by Gasteiger charge is 2.31. The normalized spacial score (nSPS) is 18.5. The molecule has 0 radical (unpaired) electrons. The number of aromatic nitrogens is 2. The Morgan fingerprint density at radius 3 is 2.79 bits per heavy atom. The molecule has 1 atom stereocenters. The van der Waals surface area contributed by atoms with E-state index in [0.29, 0.717) is 11.7 Å². The van der Waals surface area contributed by atoms with Crippen LogP contribution in [-0.2, 0) is 4.79 Å². The maximum absolute atomic E-state index is 12.6. The molecule has 0 spiro atoms. The first-order valence-electron chi connectivity index (χ1n) is 8.52. The second kappa shape index (κ2) is 7.43. The zero-order valence-corrected chi connectivity index (χ0v) is 14.2. The Balaban J connectivity index is 1.76. The number of hydrogen-bond acceptors (Lipinski definition) is 4. The first kappa shape index (κ1) is 16.4. The molecule has 1 fully saturated rings. The highest BCUT2D eigenvalue weighted by atomic mass is 16.5. The summed E-state index contributed by atoms with van der Waals surface area (Å²) < 4.78 is 5.43. The van der Waals surface area contributed by atoms with E-state index in [1.165, 1.54) is 0 Å². The Bertz CT molecular complexity index is 706. The lowest BCUT2D eigenvalue weighted by atomic mass is 10.0. The molecule has 0 saturated carbocycles. The first-order chi connectivity index (χ1) is 11.6. The molecule has 2 aromatic rings. The van der Waals surface area contributed by atoms with Gasteiger partial charge in [0.15, 0.2) is 5.82 Å². The minimum Gasteiger partial charge on any atom is -0.337 e. The number of rotatable bonds is 4. The highest BCUT2D eigenvalue weighted by molar-refractivity contribution is 5.92. The van der Waals surface area contributed by atoms with Gasteiger partial charge in [0.05, 0.1) is 0 Å². The van der Waals surface area contributed by atoms with E-state index >= 15 is 0 Å². The van der Waals surface area contributed by atoms with Crippen LogP contribution >= 0.6 is 0 Å². The fourth-order valence-electron chi connectivity index (χ4n) is 2.90. The van der Waals surface area contributed by atoms with Crippen LogP contribution in [0.3, 0.4) is 0 Å². The van der Waals surface area contributed by atoms with Gasteiger partial charge in [-0.3, -0.25) is 4.79 Å². The average molecular weight is 325 g/mol. The van der Waals surface area contributed by atoms with E-state index in [1.54, 1.807) is 6.08 Å². The van der Waals surface area contributed by atoms with Gasteiger partial charge in [0, 0.05) is 18.5 Å². The molecule has 5 heteroatoms. The predicted molar refractivity (Wildman–Crippen MR) is 92.2 cm³/mol. The minimum absolute atomic E-state index is 0.00662. The maximum Gasteiger partial charge on any atom is 0.249 e. The molecule has 0 N–H and O–H groups in total. The monoisotopic (exact) mass is 325 g/mol. The Hall–Kier alpha value is -2.43. The molecule has 1 aromatic carbocycles. The summed E-state index contributed by atoms with van der Waals surface area (Å²) in [5, 5.41) is 4.04. The smallest absolute Gasteiger partial charge is 0.249 e. The molecule has 3 rings (SSSR count). The zero-order chi connectivity index (χ0) is 16.9. The van der Waals surface area contributed by atoms with Crippen LogP contribution in [0.5, 0.6) is 0 Å². The van der Waals surface area contributed by atoms with Crippen molar-refractivity contribution in [3.05, 3.63) is 53.7 Å². The SMILES string of the molecule is CC(C)c1noc([C@H]2CCCCN2C(=O)/C=C/c2ccccc2)n1. The highest BCUT2D eigenvalue weighted by Crippen LogP contribution is 2.30. The van der Waals surface area contributed by atoms with Crippen LogP contribution in [0.15, 0.2) is 40.9 Å². The molecule has 126 valence electrons. The largest absolute Gasteiger partial charge is 0.337 e. The van der Waals surface area contributed by atoms with Crippen molar-refractivity contribution in [2.75, 3.05) is 6.54 Å². The summed E-state index contributed by atoms with van der Waals surface area (Å²) >= 11 is 0. The summed E-state index contributed by atoms with van der Waals surface area (Å²) in [7, 11) is 0. The predicted octanol–water partition coefficient (Wildman–Crippen LogP) is 3.96. The van der Waals surface area contributed by atoms with Gasteiger partial charge in [-0.15, -0.1) is 0 Å². The fourth-order valence-corrected chi connectivity index (χ4v) is 2.90. The molecular formula is C19H23N3O2. The second-order valence-electron chi connectivity index (χ2n) is 6.43. The van der Waals surface area contributed by atoms with E-state index in [0.717, 1.165) is 31.4 Å². The summed E-state index contributed by atoms with van der Waals surface area (Å²) in [6, 6.07) is 9.71. The van der Waals surface area contributed by atoms with Gasteiger partial charge in [0.25, 0.3) is 0 Å². The Morgan fingerprint density at radius 1 is 1.29 bits per heavy atom. The number of amides is 1. The van der Waals surface area contributed by atoms with Gasteiger partial charge >= 0.3 is 0 Å². The van der Waals surface area contributed by atoms with Crippen LogP contribution in [0.1, 0.15) is 62.3 Å². The lowest BCUT2D eigenvalue weighted by molar-refractivity contribution is -0.130. The van der Waals surface area contributed by atoms with Gasteiger partial charge in [0.2, 0.25) is 11.8 Å². The Labute approximate surface area is 142 Å². The zero-order valence-electron chi connectivity index (χ0n) is 14.2. The third-order valence-corrected chi connectivity index (χ3v) is 4.26. The first-order valence-corrected chi connectivity index (χ1v) is 8.52. The number of piperidine rings is 1. The van der Waals surface area contributed by atoms with E-state index in [-0.39, 0.29) is 17.9 Å². The number of benzene rings is 1. The molecular weight excluding hydrogens is 302 g/mol. The van der Waals surface area contributed by atoms with E-state index in [9.17, 15) is 4.79 Å². The van der Waals surface area contributed by atoms with Crippen molar-refractivity contribution >= 4 is 12.0 Å². The molecule has 1 saturated heterocycles. The van der Waals surface area contributed by atoms with Crippen LogP contribution in [0.2, 0.25) is 0 Å². The summed E-state index contributed by atoms with van der Waals surface area (Å²) in [4.78, 5) is 19.0. The molecule has 5 nitrogen and oxygen atoms in total. The van der Waals surface area contributed by atoms with Crippen LogP contribution in [-0.4, -0.2) is 27.5 Å². The van der Waals surface area contributed by atoms with Gasteiger partial charge < -0.3 is 9.42 Å². The lowest BCUT2D eigenvalue weighted by Gasteiger charge is -2.32. The number of likely N-dealkylation sites (tertiary alicyclic amines) is 1. The summed E-state index contributed by atoms with van der Waals surface area (Å²) in [5.74, 6) is 1.46. The average Bonchev–Trinajstić information content (AvgIpc) is 3.11. The standard InChI is InChI=1S/C19H23N3O2/c1-14(2)18-20-19(24-21-18)16-10-6-7-13-22(16)17(23)12-11-15-8-4-3-5-9-15/h3-5,8-9,11-12,14,16H,6-7,10,13H2,1-2H3/b12-11+/t16-/m1/s1. The molecule has 0 bridgehead atoms. The Morgan fingerprint density at radius 2 is 2.08 bits per heavy atom. The third-order valence-electron chi connectivity index (χ3n) is 4.26. The van der Waals surface area contributed by atoms with E-state index in [1.807, 2.05) is 55.2 Å². The van der Waals surface area contributed by atoms with Crippen molar-refractivity contribution in [3.8, 4) is 0 Å². The maximum atomic E-state index is 12.6.